The van der Waals surface area contributed by atoms with E-state index in [0.29, 0.717) is 17.0 Å². The summed E-state index contributed by atoms with van der Waals surface area (Å²) >= 11 is 0. The molecule has 0 saturated carbocycles. The van der Waals surface area contributed by atoms with E-state index in [1.165, 1.54) is 36.4 Å². The number of hydrogen-bond donors (Lipinski definition) is 1. The largest absolute Gasteiger partial charge is 0.271 e. The molecule has 0 aliphatic heterocycles. The van der Waals surface area contributed by atoms with Crippen molar-refractivity contribution in [2.45, 2.75) is 11.8 Å². The molecule has 0 unspecified atom stereocenters. The average molecular weight is 425 g/mol. The Hall–Kier alpha value is -3.52. The van der Waals surface area contributed by atoms with E-state index in [1.54, 1.807) is 55.5 Å². The van der Waals surface area contributed by atoms with Gasteiger partial charge in [0.1, 0.15) is 12.4 Å². The molecule has 30 heavy (non-hydrogen) atoms. The maximum atomic E-state index is 13.1. The number of halogens is 1. The summed E-state index contributed by atoms with van der Waals surface area (Å²) in [7, 11) is -3.96. The van der Waals surface area contributed by atoms with E-state index >= 15 is 0 Å². The number of sulfonamides is 1. The van der Waals surface area contributed by atoms with Gasteiger partial charge in [-0.1, -0.05) is 48.5 Å². The molecule has 3 rings (SSSR count). The van der Waals surface area contributed by atoms with Crippen molar-refractivity contribution in [3.05, 3.63) is 96.3 Å². The van der Waals surface area contributed by atoms with Crippen molar-refractivity contribution in [1.29, 1.82) is 0 Å². The van der Waals surface area contributed by atoms with Crippen LogP contribution in [0.4, 0.5) is 10.1 Å². The highest BCUT2D eigenvalue weighted by Crippen LogP contribution is 2.23. The molecule has 0 bridgehead atoms. The Labute approximate surface area is 174 Å². The molecule has 0 saturated heterocycles. The number of hydrogen-bond acceptors (Lipinski definition) is 4. The molecule has 6 nitrogen and oxygen atoms in total. The predicted octanol–water partition coefficient (Wildman–Crippen LogP) is 3.56. The van der Waals surface area contributed by atoms with Gasteiger partial charge in [0.05, 0.1) is 16.3 Å². The lowest BCUT2D eigenvalue weighted by Crippen LogP contribution is -2.39. The molecule has 0 aliphatic carbocycles. The molecule has 0 atom stereocenters. The monoisotopic (exact) mass is 425 g/mol. The molecule has 154 valence electrons. The molecule has 0 heterocycles. The van der Waals surface area contributed by atoms with Crippen LogP contribution in [-0.4, -0.2) is 26.6 Å². The number of anilines is 1. The third-order valence-corrected chi connectivity index (χ3v) is 6.06. The van der Waals surface area contributed by atoms with E-state index in [-0.39, 0.29) is 10.7 Å². The fourth-order valence-corrected chi connectivity index (χ4v) is 4.14. The lowest BCUT2D eigenvalue weighted by atomic mass is 10.1. The van der Waals surface area contributed by atoms with Crippen molar-refractivity contribution in [2.24, 2.45) is 5.10 Å². The zero-order valence-corrected chi connectivity index (χ0v) is 17.0. The predicted molar refractivity (Wildman–Crippen MR) is 114 cm³/mol. The average Bonchev–Trinajstić information content (AvgIpc) is 2.77. The van der Waals surface area contributed by atoms with Gasteiger partial charge in [0, 0.05) is 0 Å². The summed E-state index contributed by atoms with van der Waals surface area (Å²) in [6.45, 7) is 1.20. The van der Waals surface area contributed by atoms with Gasteiger partial charge < -0.3 is 0 Å². The number of nitrogens with zero attached hydrogens (tertiary/aromatic N) is 2. The van der Waals surface area contributed by atoms with Gasteiger partial charge in [-0.25, -0.2) is 18.2 Å². The van der Waals surface area contributed by atoms with Crippen LogP contribution in [0.3, 0.4) is 0 Å². The lowest BCUT2D eigenvalue weighted by Gasteiger charge is -2.23. The Morgan fingerprint density at radius 2 is 1.50 bits per heavy atom. The highest BCUT2D eigenvalue weighted by Gasteiger charge is 2.26. The number of amides is 1. The zero-order chi connectivity index (χ0) is 21.6. The second-order valence-corrected chi connectivity index (χ2v) is 8.26. The number of nitrogens with one attached hydrogen (secondary N) is 1. The van der Waals surface area contributed by atoms with Crippen molar-refractivity contribution in [1.82, 2.24) is 5.43 Å². The standard InChI is InChI=1S/C22H20FN3O3S/c1-17(18-12-14-19(23)15-13-18)24-25-22(27)16-26(20-8-4-2-5-9-20)30(28,29)21-10-6-3-7-11-21/h2-15H,16H2,1H3,(H,25,27)/b24-17-. The number of carbonyl (C=O) groups is 1. The minimum absolute atomic E-state index is 0.0765. The van der Waals surface area contributed by atoms with Crippen molar-refractivity contribution in [2.75, 3.05) is 10.8 Å². The highest BCUT2D eigenvalue weighted by molar-refractivity contribution is 7.92. The van der Waals surface area contributed by atoms with Gasteiger partial charge in [0.25, 0.3) is 15.9 Å². The smallest absolute Gasteiger partial charge is 0.264 e. The number of carbonyl (C=O) groups excluding carboxylic acids is 1. The topological polar surface area (TPSA) is 78.8 Å². The van der Waals surface area contributed by atoms with E-state index in [0.717, 1.165) is 4.31 Å². The fraction of sp³-hybridized carbons (Fsp3) is 0.0909. The number of rotatable bonds is 7. The summed E-state index contributed by atoms with van der Waals surface area (Å²) in [5.41, 5.74) is 3.82. The van der Waals surface area contributed by atoms with Crippen LogP contribution in [0.15, 0.2) is 94.9 Å². The van der Waals surface area contributed by atoms with Crippen molar-refractivity contribution < 1.29 is 17.6 Å². The molecule has 0 fully saturated rings. The van der Waals surface area contributed by atoms with Gasteiger partial charge in [-0.05, 0) is 48.9 Å². The van der Waals surface area contributed by atoms with Crippen LogP contribution < -0.4 is 9.73 Å². The minimum atomic E-state index is -3.96. The molecule has 0 radical (unpaired) electrons. The van der Waals surface area contributed by atoms with Gasteiger partial charge in [-0.3, -0.25) is 9.10 Å². The second-order valence-electron chi connectivity index (χ2n) is 6.40. The quantitative estimate of drug-likeness (QED) is 0.464. The molecule has 8 heteroatoms. The lowest BCUT2D eigenvalue weighted by molar-refractivity contribution is -0.119. The van der Waals surface area contributed by atoms with Crippen LogP contribution in [-0.2, 0) is 14.8 Å². The molecular formula is C22H20FN3O3S. The molecule has 0 aliphatic rings. The van der Waals surface area contributed by atoms with Crippen LogP contribution in [0.25, 0.3) is 0 Å². The first-order valence-corrected chi connectivity index (χ1v) is 10.5. The third-order valence-electron chi connectivity index (χ3n) is 4.27. The summed E-state index contributed by atoms with van der Waals surface area (Å²) in [6, 6.07) is 21.9. The van der Waals surface area contributed by atoms with Crippen LogP contribution in [0.1, 0.15) is 12.5 Å². The first-order valence-electron chi connectivity index (χ1n) is 9.10. The second kappa shape index (κ2) is 9.32. The van der Waals surface area contributed by atoms with Gasteiger partial charge >= 0.3 is 0 Å². The number of hydrazone groups is 1. The summed E-state index contributed by atoms with van der Waals surface area (Å²) in [5.74, 6) is -0.986. The maximum absolute atomic E-state index is 13.1. The van der Waals surface area contributed by atoms with Gasteiger partial charge in [0.2, 0.25) is 0 Å². The molecule has 1 amide bonds. The van der Waals surface area contributed by atoms with E-state index in [9.17, 15) is 17.6 Å². The summed E-state index contributed by atoms with van der Waals surface area (Å²) in [5, 5.41) is 4.00. The summed E-state index contributed by atoms with van der Waals surface area (Å²) in [6.07, 6.45) is 0. The molecule has 0 spiro atoms. The first kappa shape index (κ1) is 21.2. The number of benzene rings is 3. The van der Waals surface area contributed by atoms with Crippen LogP contribution in [0.5, 0.6) is 0 Å². The molecule has 3 aromatic carbocycles. The Bertz CT molecular complexity index is 1130. The Morgan fingerprint density at radius 3 is 2.10 bits per heavy atom. The van der Waals surface area contributed by atoms with Crippen molar-refractivity contribution in [3.8, 4) is 0 Å². The van der Waals surface area contributed by atoms with Crippen LogP contribution in [0.2, 0.25) is 0 Å². The van der Waals surface area contributed by atoms with Gasteiger partial charge in [0.15, 0.2) is 0 Å². The molecule has 1 N–H and O–H groups in total. The third kappa shape index (κ3) is 5.09. The summed E-state index contributed by atoms with van der Waals surface area (Å²) < 4.78 is 40.3. The normalized spacial score (nSPS) is 11.7. The Morgan fingerprint density at radius 1 is 0.933 bits per heavy atom. The van der Waals surface area contributed by atoms with Crippen molar-refractivity contribution in [3.63, 3.8) is 0 Å². The van der Waals surface area contributed by atoms with E-state index < -0.39 is 22.5 Å². The zero-order valence-electron chi connectivity index (χ0n) is 16.2. The van der Waals surface area contributed by atoms with Crippen molar-refractivity contribution >= 4 is 27.3 Å². The molecular weight excluding hydrogens is 405 g/mol. The number of para-hydroxylation sites is 1. The van der Waals surface area contributed by atoms with Gasteiger partial charge in [-0.15, -0.1) is 0 Å². The van der Waals surface area contributed by atoms with E-state index in [1.807, 2.05) is 0 Å². The Kier molecular flexibility index (Phi) is 6.58. The van der Waals surface area contributed by atoms with E-state index in [2.05, 4.69) is 10.5 Å². The highest BCUT2D eigenvalue weighted by atomic mass is 32.2. The van der Waals surface area contributed by atoms with Gasteiger partial charge in [-0.2, -0.15) is 5.10 Å². The SMILES string of the molecule is C/C(=N/NC(=O)CN(c1ccccc1)S(=O)(=O)c1ccccc1)c1ccc(F)cc1. The summed E-state index contributed by atoms with van der Waals surface area (Å²) in [4.78, 5) is 12.6. The van der Waals surface area contributed by atoms with Crippen LogP contribution >= 0.6 is 0 Å². The minimum Gasteiger partial charge on any atom is -0.271 e. The van der Waals surface area contributed by atoms with Crippen LogP contribution in [0, 0.1) is 5.82 Å². The molecule has 0 aromatic heterocycles. The Balaban J connectivity index is 1.82. The van der Waals surface area contributed by atoms with E-state index in [4.69, 9.17) is 0 Å². The maximum Gasteiger partial charge on any atom is 0.264 e. The first-order chi connectivity index (χ1) is 14.4. The fourth-order valence-electron chi connectivity index (χ4n) is 2.70. The molecule has 3 aromatic rings.